The first-order chi connectivity index (χ1) is 17.0. The Morgan fingerprint density at radius 2 is 1.60 bits per heavy atom. The summed E-state index contributed by atoms with van der Waals surface area (Å²) in [5, 5.41) is 19.9. The first-order valence-electron chi connectivity index (χ1n) is 12.0. The number of hydrogen-bond donors (Lipinski definition) is 4. The Morgan fingerprint density at radius 3 is 2.26 bits per heavy atom. The van der Waals surface area contributed by atoms with Crippen LogP contribution in [0.5, 0.6) is 0 Å². The van der Waals surface area contributed by atoms with Gasteiger partial charge < -0.3 is 16.0 Å². The van der Waals surface area contributed by atoms with E-state index in [-0.39, 0.29) is 11.9 Å². The lowest BCUT2D eigenvalue weighted by Crippen LogP contribution is -2.34. The van der Waals surface area contributed by atoms with E-state index in [1.807, 2.05) is 12.1 Å². The molecule has 184 valence electrons. The van der Waals surface area contributed by atoms with Crippen molar-refractivity contribution in [1.82, 2.24) is 10.6 Å². The maximum absolute atomic E-state index is 12.6. The summed E-state index contributed by atoms with van der Waals surface area (Å²) in [5.74, 6) is 0.155. The van der Waals surface area contributed by atoms with E-state index in [0.29, 0.717) is 28.3 Å². The van der Waals surface area contributed by atoms with Crippen LogP contribution in [0.2, 0.25) is 10.0 Å². The topological polar surface area (TPSA) is 77.3 Å². The van der Waals surface area contributed by atoms with Crippen LogP contribution < -0.4 is 20.7 Å². The van der Waals surface area contributed by atoms with E-state index in [2.05, 4.69) is 40.2 Å². The average molecular weight is 514 g/mol. The normalized spacial score (nSPS) is 14.6. The zero-order valence-corrected chi connectivity index (χ0v) is 21.0. The third-order valence-corrected chi connectivity index (χ3v) is 6.88. The van der Waals surface area contributed by atoms with E-state index in [1.54, 1.807) is 30.6 Å². The fourth-order valence-corrected chi connectivity index (χ4v) is 5.08. The van der Waals surface area contributed by atoms with Crippen LogP contribution in [-0.4, -0.2) is 30.4 Å². The van der Waals surface area contributed by atoms with E-state index in [1.165, 1.54) is 31.2 Å². The fraction of sp³-hybridized carbons (Fsp3) is 0.333. The highest BCUT2D eigenvalue weighted by molar-refractivity contribution is 6.35. The maximum Gasteiger partial charge on any atom is 0.319 e. The molecule has 1 fully saturated rings. The molecule has 2 aromatic carbocycles. The quantitative estimate of drug-likeness (QED) is 0.209. The predicted octanol–water partition coefficient (Wildman–Crippen LogP) is 6.01. The van der Waals surface area contributed by atoms with Crippen LogP contribution in [0.4, 0.5) is 10.5 Å². The number of amides is 2. The number of aromatic nitrogens is 1. The Hall–Kier alpha value is -2.80. The molecule has 35 heavy (non-hydrogen) atoms. The summed E-state index contributed by atoms with van der Waals surface area (Å²) < 4.78 is 1.03. The van der Waals surface area contributed by atoms with Gasteiger partial charge in [-0.15, -0.1) is 0 Å². The second-order valence-corrected chi connectivity index (χ2v) is 9.88. The molecule has 4 N–H and O–H groups in total. The second-order valence-electron chi connectivity index (χ2n) is 9.00. The summed E-state index contributed by atoms with van der Waals surface area (Å²) in [5.41, 5.74) is 3.82. The standard InChI is InChI=1S/C27H30Cl2N4O2/c28-23-15-24(29)17-26(16-23)32-27(34)31-18-22(9-12-30-25-3-1-2-4-25)20-7-5-19(6-8-20)21-10-13-33(35)14-11-21/h5-8,10-11,13-17,22,25,30H,1-4,9,12,18H2,(H2-,31,32,34,35)/p+1. The molecule has 0 spiro atoms. The van der Waals surface area contributed by atoms with Crippen LogP contribution >= 0.6 is 23.2 Å². The Morgan fingerprint density at radius 1 is 0.971 bits per heavy atom. The lowest BCUT2D eigenvalue weighted by Gasteiger charge is -2.21. The van der Waals surface area contributed by atoms with Gasteiger partial charge in [0.05, 0.1) is 0 Å². The summed E-state index contributed by atoms with van der Waals surface area (Å²) in [6.45, 7) is 1.40. The molecule has 4 rings (SSSR count). The van der Waals surface area contributed by atoms with Gasteiger partial charge in [0.25, 0.3) is 0 Å². The van der Waals surface area contributed by atoms with Crippen molar-refractivity contribution in [1.29, 1.82) is 0 Å². The average Bonchev–Trinajstić information content (AvgIpc) is 3.35. The molecule has 2 amide bonds. The zero-order valence-electron chi connectivity index (χ0n) is 19.5. The highest BCUT2D eigenvalue weighted by atomic mass is 35.5. The molecule has 1 aromatic heterocycles. The van der Waals surface area contributed by atoms with Crippen molar-refractivity contribution in [2.45, 2.75) is 44.1 Å². The first-order valence-corrected chi connectivity index (χ1v) is 12.8. The summed E-state index contributed by atoms with van der Waals surface area (Å²) in [6.07, 6.45) is 9.21. The van der Waals surface area contributed by atoms with Crippen molar-refractivity contribution < 1.29 is 14.7 Å². The lowest BCUT2D eigenvalue weighted by molar-refractivity contribution is -0.904. The summed E-state index contributed by atoms with van der Waals surface area (Å²) >= 11 is 12.1. The second kappa shape index (κ2) is 12.2. The molecule has 1 aliphatic carbocycles. The van der Waals surface area contributed by atoms with Gasteiger partial charge in [-0.3, -0.25) is 5.21 Å². The maximum atomic E-state index is 12.6. The number of carbonyl (C=O) groups is 1. The summed E-state index contributed by atoms with van der Waals surface area (Å²) in [7, 11) is 0. The Kier molecular flexibility index (Phi) is 8.85. The fourth-order valence-electron chi connectivity index (χ4n) is 4.55. The molecule has 0 saturated heterocycles. The number of nitrogens with one attached hydrogen (secondary N) is 3. The Labute approximate surface area is 216 Å². The van der Waals surface area contributed by atoms with Crippen molar-refractivity contribution in [3.05, 3.63) is 82.6 Å². The van der Waals surface area contributed by atoms with Gasteiger partial charge in [-0.2, -0.15) is 0 Å². The van der Waals surface area contributed by atoms with E-state index in [0.717, 1.165) is 28.8 Å². The van der Waals surface area contributed by atoms with Gasteiger partial charge in [-0.25, -0.2) is 4.79 Å². The number of carbonyl (C=O) groups excluding carboxylic acids is 1. The number of benzene rings is 2. The summed E-state index contributed by atoms with van der Waals surface area (Å²) in [6, 6.07) is 17.4. The SMILES string of the molecule is O=C(NCC(CCNC1CCCC1)c1ccc(-c2cc[n+](O)cc2)cc1)Nc1cc(Cl)cc(Cl)c1. The van der Waals surface area contributed by atoms with Crippen LogP contribution in [0, 0.1) is 0 Å². The van der Waals surface area contributed by atoms with Gasteiger partial charge in [0.15, 0.2) is 0 Å². The van der Waals surface area contributed by atoms with Crippen LogP contribution in [0.15, 0.2) is 67.0 Å². The highest BCUT2D eigenvalue weighted by Gasteiger charge is 2.17. The van der Waals surface area contributed by atoms with Crippen molar-refractivity contribution >= 4 is 34.9 Å². The number of halogens is 2. The van der Waals surface area contributed by atoms with E-state index in [4.69, 9.17) is 23.2 Å². The zero-order chi connectivity index (χ0) is 24.6. The largest absolute Gasteiger partial charge is 0.337 e. The minimum absolute atomic E-state index is 0.155. The lowest BCUT2D eigenvalue weighted by atomic mass is 9.93. The van der Waals surface area contributed by atoms with E-state index < -0.39 is 0 Å². The minimum atomic E-state index is -0.296. The molecule has 6 nitrogen and oxygen atoms in total. The smallest absolute Gasteiger partial charge is 0.319 e. The third kappa shape index (κ3) is 7.59. The number of urea groups is 1. The third-order valence-electron chi connectivity index (χ3n) is 6.44. The molecule has 1 aliphatic rings. The van der Waals surface area contributed by atoms with Crippen LogP contribution in [0.1, 0.15) is 43.6 Å². The first kappa shape index (κ1) is 25.3. The van der Waals surface area contributed by atoms with Gasteiger partial charge in [-0.1, -0.05) is 60.3 Å². The minimum Gasteiger partial charge on any atom is -0.337 e. The van der Waals surface area contributed by atoms with Gasteiger partial charge in [0.1, 0.15) is 0 Å². The van der Waals surface area contributed by atoms with Gasteiger partial charge in [0, 0.05) is 51.1 Å². The highest BCUT2D eigenvalue weighted by Crippen LogP contribution is 2.25. The molecule has 0 radical (unpaired) electrons. The van der Waals surface area contributed by atoms with E-state index in [9.17, 15) is 10.0 Å². The molecule has 8 heteroatoms. The molecule has 0 bridgehead atoms. The molecule has 1 unspecified atom stereocenters. The predicted molar refractivity (Wildman–Crippen MR) is 140 cm³/mol. The van der Waals surface area contributed by atoms with Crippen molar-refractivity contribution in [2.75, 3.05) is 18.4 Å². The molecule has 1 heterocycles. The number of nitrogens with zero attached hydrogens (tertiary/aromatic N) is 1. The van der Waals surface area contributed by atoms with Crippen molar-refractivity contribution in [3.8, 4) is 11.1 Å². The molecule has 3 aromatic rings. The number of pyridine rings is 1. The molecular formula is C27H31Cl2N4O2+. The van der Waals surface area contributed by atoms with Crippen LogP contribution in [0.3, 0.4) is 0 Å². The number of hydrogen-bond acceptors (Lipinski definition) is 3. The van der Waals surface area contributed by atoms with Crippen LogP contribution in [-0.2, 0) is 0 Å². The monoisotopic (exact) mass is 513 g/mol. The van der Waals surface area contributed by atoms with Crippen molar-refractivity contribution in [3.63, 3.8) is 0 Å². The number of rotatable bonds is 9. The van der Waals surface area contributed by atoms with Gasteiger partial charge in [0.2, 0.25) is 12.4 Å². The number of anilines is 1. The molecule has 0 aliphatic heterocycles. The van der Waals surface area contributed by atoms with Crippen LogP contribution in [0.25, 0.3) is 11.1 Å². The summed E-state index contributed by atoms with van der Waals surface area (Å²) in [4.78, 5) is 12.6. The Bertz CT molecular complexity index is 1100. The van der Waals surface area contributed by atoms with Crippen molar-refractivity contribution in [2.24, 2.45) is 0 Å². The van der Waals surface area contributed by atoms with E-state index >= 15 is 0 Å². The molecule has 1 saturated carbocycles. The van der Waals surface area contributed by atoms with Gasteiger partial charge >= 0.3 is 6.03 Å². The Balaban J connectivity index is 1.40. The van der Waals surface area contributed by atoms with Gasteiger partial charge in [-0.05, 0) is 60.7 Å². The molecule has 1 atom stereocenters. The molecular weight excluding hydrogens is 483 g/mol.